The van der Waals surface area contributed by atoms with E-state index in [4.69, 9.17) is 0 Å². The molecule has 0 saturated heterocycles. The van der Waals surface area contributed by atoms with E-state index in [2.05, 4.69) is 9.97 Å². The molecule has 0 N–H and O–H groups in total. The van der Waals surface area contributed by atoms with Crippen molar-refractivity contribution in [2.45, 2.75) is 19.9 Å². The Morgan fingerprint density at radius 2 is 2.14 bits per heavy atom. The number of carbonyl (C=O) groups is 1. The lowest BCUT2D eigenvalue weighted by atomic mass is 10.2. The summed E-state index contributed by atoms with van der Waals surface area (Å²) in [6, 6.07) is 5.79. The summed E-state index contributed by atoms with van der Waals surface area (Å²) in [5.74, 6) is -0.0398. The van der Waals surface area contributed by atoms with Crippen molar-refractivity contribution in [1.29, 1.82) is 0 Å². The number of amides is 1. The number of hydrogen-bond acceptors (Lipinski definition) is 5. The largest absolute Gasteiger partial charge is 0.304 e. The first-order valence-corrected chi connectivity index (χ1v) is 8.64. The second-order valence-electron chi connectivity index (χ2n) is 5.02. The van der Waals surface area contributed by atoms with Gasteiger partial charge in [-0.3, -0.25) is 9.78 Å². The molecule has 0 aliphatic carbocycles. The van der Waals surface area contributed by atoms with E-state index in [-0.39, 0.29) is 11.9 Å². The number of thiazole rings is 1. The van der Waals surface area contributed by atoms with Crippen molar-refractivity contribution in [1.82, 2.24) is 9.97 Å². The van der Waals surface area contributed by atoms with E-state index in [1.807, 2.05) is 42.8 Å². The summed E-state index contributed by atoms with van der Waals surface area (Å²) < 4.78 is 0. The Morgan fingerprint density at radius 1 is 1.27 bits per heavy atom. The Bertz CT molecular complexity index is 751. The molecular weight excluding hydrogens is 314 g/mol. The van der Waals surface area contributed by atoms with Gasteiger partial charge in [-0.1, -0.05) is 0 Å². The minimum atomic E-state index is -0.0398. The zero-order chi connectivity index (χ0) is 15.5. The summed E-state index contributed by atoms with van der Waals surface area (Å²) in [5.41, 5.74) is 1.86. The van der Waals surface area contributed by atoms with Crippen LogP contribution in [0.2, 0.25) is 0 Å². The second-order valence-corrected chi connectivity index (χ2v) is 6.83. The molecule has 22 heavy (non-hydrogen) atoms. The fraction of sp³-hybridized carbons (Fsp3) is 0.188. The molecule has 0 atom stereocenters. The van der Waals surface area contributed by atoms with Crippen LogP contribution in [0.4, 0.5) is 5.69 Å². The highest BCUT2D eigenvalue weighted by Gasteiger charge is 2.23. The Kier molecular flexibility index (Phi) is 4.31. The van der Waals surface area contributed by atoms with Gasteiger partial charge in [0.25, 0.3) is 5.91 Å². The van der Waals surface area contributed by atoms with Crippen LogP contribution in [0.1, 0.15) is 23.5 Å². The summed E-state index contributed by atoms with van der Waals surface area (Å²) in [6.07, 6.45) is 5.07. The number of aromatic nitrogens is 2. The van der Waals surface area contributed by atoms with Gasteiger partial charge in [-0.05, 0) is 37.4 Å². The average molecular weight is 329 g/mol. The summed E-state index contributed by atoms with van der Waals surface area (Å²) >= 11 is 3.05. The van der Waals surface area contributed by atoms with Gasteiger partial charge < -0.3 is 4.90 Å². The Balaban J connectivity index is 1.91. The third kappa shape index (κ3) is 2.93. The van der Waals surface area contributed by atoms with Crippen LogP contribution in [0.25, 0.3) is 10.6 Å². The highest BCUT2D eigenvalue weighted by atomic mass is 32.1. The Labute approximate surface area is 137 Å². The number of thiophene rings is 1. The van der Waals surface area contributed by atoms with E-state index in [0.717, 1.165) is 16.3 Å². The van der Waals surface area contributed by atoms with Crippen molar-refractivity contribution < 1.29 is 4.79 Å². The van der Waals surface area contributed by atoms with Crippen molar-refractivity contribution in [3.63, 3.8) is 0 Å². The monoisotopic (exact) mass is 329 g/mol. The minimum Gasteiger partial charge on any atom is -0.304 e. The molecule has 112 valence electrons. The molecule has 1 amide bonds. The maximum absolute atomic E-state index is 12.8. The third-order valence-corrected chi connectivity index (χ3v) is 4.86. The molecule has 0 spiro atoms. The van der Waals surface area contributed by atoms with Crippen LogP contribution in [0.15, 0.2) is 47.5 Å². The van der Waals surface area contributed by atoms with Gasteiger partial charge in [0.1, 0.15) is 9.88 Å². The maximum Gasteiger partial charge on any atom is 0.270 e. The number of nitrogens with zero attached hydrogens (tertiary/aromatic N) is 3. The first-order valence-electron chi connectivity index (χ1n) is 6.89. The van der Waals surface area contributed by atoms with Crippen LogP contribution >= 0.6 is 22.7 Å². The number of hydrogen-bond donors (Lipinski definition) is 0. The van der Waals surface area contributed by atoms with Crippen molar-refractivity contribution in [3.05, 3.63) is 52.4 Å². The van der Waals surface area contributed by atoms with Gasteiger partial charge in [-0.2, -0.15) is 11.3 Å². The first-order chi connectivity index (χ1) is 10.7. The molecule has 0 saturated carbocycles. The fourth-order valence-electron chi connectivity index (χ4n) is 2.16. The number of pyridine rings is 1. The minimum absolute atomic E-state index is 0.0398. The quantitative estimate of drug-likeness (QED) is 0.716. The van der Waals surface area contributed by atoms with Crippen LogP contribution < -0.4 is 4.90 Å². The molecule has 0 aromatic carbocycles. The third-order valence-electron chi connectivity index (χ3n) is 3.14. The number of anilines is 1. The summed E-state index contributed by atoms with van der Waals surface area (Å²) in [4.78, 5) is 23.7. The summed E-state index contributed by atoms with van der Waals surface area (Å²) in [6.45, 7) is 3.98. The standard InChI is InChI=1S/C16H15N3OS2/c1-11(2)19(13-4-3-6-17-8-13)16(20)14-9-18-15(22-14)12-5-7-21-10-12/h3-11H,1-2H3. The molecule has 0 aliphatic rings. The molecule has 0 unspecified atom stereocenters. The van der Waals surface area contributed by atoms with E-state index < -0.39 is 0 Å². The SMILES string of the molecule is CC(C)N(C(=O)c1cnc(-c2ccsc2)s1)c1cccnc1. The van der Waals surface area contributed by atoms with Gasteiger partial charge in [0, 0.05) is 23.2 Å². The molecular formula is C16H15N3OS2. The van der Waals surface area contributed by atoms with Crippen LogP contribution in [0.5, 0.6) is 0 Å². The van der Waals surface area contributed by atoms with E-state index in [9.17, 15) is 4.79 Å². The predicted octanol–water partition coefficient (Wildman–Crippen LogP) is 4.32. The van der Waals surface area contributed by atoms with E-state index in [0.29, 0.717) is 4.88 Å². The van der Waals surface area contributed by atoms with Crippen molar-refractivity contribution >= 4 is 34.3 Å². The van der Waals surface area contributed by atoms with E-state index >= 15 is 0 Å². The molecule has 3 aromatic rings. The number of rotatable bonds is 4. The highest BCUT2D eigenvalue weighted by Crippen LogP contribution is 2.29. The molecule has 0 aliphatic heterocycles. The van der Waals surface area contributed by atoms with Crippen molar-refractivity contribution in [2.75, 3.05) is 4.90 Å². The van der Waals surface area contributed by atoms with Gasteiger partial charge >= 0.3 is 0 Å². The zero-order valence-electron chi connectivity index (χ0n) is 12.3. The maximum atomic E-state index is 12.8. The molecule has 4 nitrogen and oxygen atoms in total. The number of carbonyl (C=O) groups excluding carboxylic acids is 1. The van der Waals surface area contributed by atoms with Gasteiger partial charge in [0.2, 0.25) is 0 Å². The van der Waals surface area contributed by atoms with Crippen LogP contribution in [-0.2, 0) is 0 Å². The van der Waals surface area contributed by atoms with E-state index in [1.165, 1.54) is 11.3 Å². The van der Waals surface area contributed by atoms with Gasteiger partial charge in [-0.25, -0.2) is 4.98 Å². The molecule has 3 rings (SSSR count). The molecule has 0 fully saturated rings. The molecule has 0 radical (unpaired) electrons. The van der Waals surface area contributed by atoms with E-state index in [1.54, 1.807) is 34.8 Å². The lowest BCUT2D eigenvalue weighted by Gasteiger charge is -2.25. The average Bonchev–Trinajstić information content (AvgIpc) is 3.19. The second kappa shape index (κ2) is 6.37. The molecule has 3 aromatic heterocycles. The van der Waals surface area contributed by atoms with Crippen LogP contribution in [0, 0.1) is 0 Å². The summed E-state index contributed by atoms with van der Waals surface area (Å²) in [5, 5.41) is 4.92. The van der Waals surface area contributed by atoms with Gasteiger partial charge in [0.15, 0.2) is 0 Å². The molecule has 0 bridgehead atoms. The summed E-state index contributed by atoms with van der Waals surface area (Å²) in [7, 11) is 0. The van der Waals surface area contributed by atoms with Crippen LogP contribution in [-0.4, -0.2) is 21.9 Å². The van der Waals surface area contributed by atoms with Crippen LogP contribution in [0.3, 0.4) is 0 Å². The lowest BCUT2D eigenvalue weighted by molar-refractivity contribution is 0.0984. The Morgan fingerprint density at radius 3 is 2.77 bits per heavy atom. The van der Waals surface area contributed by atoms with Gasteiger partial charge in [0.05, 0.1) is 18.1 Å². The molecule has 3 heterocycles. The first kappa shape index (κ1) is 14.9. The Hall–Kier alpha value is -2.05. The van der Waals surface area contributed by atoms with Gasteiger partial charge in [-0.15, -0.1) is 11.3 Å². The van der Waals surface area contributed by atoms with Crippen molar-refractivity contribution in [3.8, 4) is 10.6 Å². The fourth-order valence-corrected chi connectivity index (χ4v) is 3.72. The lowest BCUT2D eigenvalue weighted by Crippen LogP contribution is -2.36. The smallest absolute Gasteiger partial charge is 0.270 e. The molecule has 6 heteroatoms. The highest BCUT2D eigenvalue weighted by molar-refractivity contribution is 7.17. The predicted molar refractivity (Wildman–Crippen MR) is 91.6 cm³/mol. The topological polar surface area (TPSA) is 46.1 Å². The van der Waals surface area contributed by atoms with Crippen molar-refractivity contribution in [2.24, 2.45) is 0 Å². The normalized spacial score (nSPS) is 10.9. The zero-order valence-corrected chi connectivity index (χ0v) is 13.9.